The minimum Gasteiger partial charge on any atom is -0.394 e. The van der Waals surface area contributed by atoms with Crippen LogP contribution in [-0.4, -0.2) is 41.3 Å². The largest absolute Gasteiger partial charge is 0.394 e. The van der Waals surface area contributed by atoms with E-state index in [4.69, 9.17) is 4.74 Å². The molecule has 0 bridgehead atoms. The van der Waals surface area contributed by atoms with Crippen LogP contribution in [0.25, 0.3) is 10.6 Å². The number of nitrogens with one attached hydrogen (secondary N) is 1. The van der Waals surface area contributed by atoms with Gasteiger partial charge in [-0.3, -0.25) is 0 Å². The smallest absolute Gasteiger partial charge is 0.125 e. The molecular formula is C15H19N3O2S. The highest BCUT2D eigenvalue weighted by atomic mass is 32.1. The number of thiophene rings is 1. The Labute approximate surface area is 127 Å². The van der Waals surface area contributed by atoms with E-state index in [1.54, 1.807) is 11.3 Å². The molecule has 0 atom stereocenters. The van der Waals surface area contributed by atoms with Gasteiger partial charge in [-0.05, 0) is 23.4 Å². The molecule has 1 aliphatic heterocycles. The van der Waals surface area contributed by atoms with Crippen LogP contribution in [0.3, 0.4) is 0 Å². The third-order valence-electron chi connectivity index (χ3n) is 3.34. The van der Waals surface area contributed by atoms with Crippen LogP contribution in [0.5, 0.6) is 0 Å². The predicted molar refractivity (Wildman–Crippen MR) is 84.6 cm³/mol. The Hall–Kier alpha value is -1.63. The van der Waals surface area contributed by atoms with Crippen LogP contribution < -0.4 is 5.32 Å². The maximum Gasteiger partial charge on any atom is 0.125 e. The van der Waals surface area contributed by atoms with Crippen LogP contribution in [0.4, 0.5) is 5.82 Å². The van der Waals surface area contributed by atoms with E-state index < -0.39 is 0 Å². The minimum absolute atomic E-state index is 0.0754. The van der Waals surface area contributed by atoms with Crippen LogP contribution in [0, 0.1) is 0 Å². The van der Waals surface area contributed by atoms with Crippen LogP contribution in [0.1, 0.15) is 6.42 Å². The first-order chi connectivity index (χ1) is 10.4. The average molecular weight is 305 g/mol. The van der Waals surface area contributed by atoms with Gasteiger partial charge in [0.25, 0.3) is 0 Å². The van der Waals surface area contributed by atoms with Crippen LogP contribution in [-0.2, 0) is 11.3 Å². The van der Waals surface area contributed by atoms with Crippen molar-refractivity contribution in [1.82, 2.24) is 9.78 Å². The molecule has 0 unspecified atom stereocenters. The molecule has 3 heterocycles. The van der Waals surface area contributed by atoms with Crippen LogP contribution >= 0.6 is 11.3 Å². The summed E-state index contributed by atoms with van der Waals surface area (Å²) < 4.78 is 7.26. The second-order valence-electron chi connectivity index (χ2n) is 4.90. The lowest BCUT2D eigenvalue weighted by Crippen LogP contribution is -2.16. The van der Waals surface area contributed by atoms with Crippen molar-refractivity contribution < 1.29 is 9.84 Å². The molecule has 2 N–H and O–H groups in total. The van der Waals surface area contributed by atoms with E-state index in [0.29, 0.717) is 13.2 Å². The number of aliphatic hydroxyl groups excluding tert-OH is 1. The van der Waals surface area contributed by atoms with Gasteiger partial charge in [-0.15, -0.1) is 11.3 Å². The molecule has 0 spiro atoms. The Bertz CT molecular complexity index is 604. The highest BCUT2D eigenvalue weighted by Crippen LogP contribution is 2.26. The second-order valence-corrected chi connectivity index (χ2v) is 5.84. The molecule has 0 saturated heterocycles. The molecule has 1 aliphatic rings. The molecular weight excluding hydrogens is 286 g/mol. The maximum absolute atomic E-state index is 9.18. The average Bonchev–Trinajstić information content (AvgIpc) is 3.16. The standard InChI is InChI=1S/C15H19N3O2S/c19-6-5-18-15(16-10-12-3-1-7-20-11-12)9-13(17-18)14-4-2-8-21-14/h2-4,8-9,16,19H,1,5-7,10-11H2. The van der Waals surface area contributed by atoms with Gasteiger partial charge in [0, 0.05) is 12.6 Å². The summed E-state index contributed by atoms with van der Waals surface area (Å²) >= 11 is 1.66. The third kappa shape index (κ3) is 3.53. The number of aliphatic hydroxyl groups is 1. The quantitative estimate of drug-likeness (QED) is 0.804. The van der Waals surface area contributed by atoms with Gasteiger partial charge in [0.05, 0.1) is 31.2 Å². The van der Waals surface area contributed by atoms with Crippen LogP contribution in [0.15, 0.2) is 35.2 Å². The van der Waals surface area contributed by atoms with E-state index in [1.807, 2.05) is 22.2 Å². The van der Waals surface area contributed by atoms with Gasteiger partial charge in [0.15, 0.2) is 0 Å². The molecule has 2 aromatic heterocycles. The lowest BCUT2D eigenvalue weighted by Gasteiger charge is -2.15. The molecule has 5 nitrogen and oxygen atoms in total. The van der Waals surface area contributed by atoms with Crippen molar-refractivity contribution in [2.24, 2.45) is 0 Å². The van der Waals surface area contributed by atoms with Gasteiger partial charge in [-0.2, -0.15) is 5.10 Å². The molecule has 0 saturated carbocycles. The highest BCUT2D eigenvalue weighted by Gasteiger charge is 2.11. The number of ether oxygens (including phenoxy) is 1. The van der Waals surface area contributed by atoms with Crippen molar-refractivity contribution in [3.05, 3.63) is 35.2 Å². The molecule has 3 rings (SSSR count). The van der Waals surface area contributed by atoms with E-state index >= 15 is 0 Å². The molecule has 0 aliphatic carbocycles. The fraction of sp³-hybridized carbons (Fsp3) is 0.400. The molecule has 21 heavy (non-hydrogen) atoms. The molecule has 0 radical (unpaired) electrons. The zero-order chi connectivity index (χ0) is 14.5. The summed E-state index contributed by atoms with van der Waals surface area (Å²) in [5.74, 6) is 0.930. The summed E-state index contributed by atoms with van der Waals surface area (Å²) in [5.41, 5.74) is 2.20. The number of hydrogen-bond donors (Lipinski definition) is 2. The molecule has 0 amide bonds. The zero-order valence-corrected chi connectivity index (χ0v) is 12.6. The third-order valence-corrected chi connectivity index (χ3v) is 4.24. The van der Waals surface area contributed by atoms with Crippen molar-refractivity contribution in [3.63, 3.8) is 0 Å². The summed E-state index contributed by atoms with van der Waals surface area (Å²) in [7, 11) is 0. The Morgan fingerprint density at radius 3 is 3.14 bits per heavy atom. The van der Waals surface area contributed by atoms with E-state index in [9.17, 15) is 5.11 Å². The monoisotopic (exact) mass is 305 g/mol. The normalized spacial score (nSPS) is 15.0. The van der Waals surface area contributed by atoms with Gasteiger partial charge < -0.3 is 15.2 Å². The summed E-state index contributed by atoms with van der Waals surface area (Å²) in [5, 5.41) is 19.2. The number of aromatic nitrogens is 2. The van der Waals surface area contributed by atoms with E-state index in [-0.39, 0.29) is 6.61 Å². The predicted octanol–water partition coefficient (Wildman–Crippen LogP) is 2.36. The van der Waals surface area contributed by atoms with Crippen molar-refractivity contribution in [3.8, 4) is 10.6 Å². The molecule has 0 fully saturated rings. The van der Waals surface area contributed by atoms with E-state index in [0.717, 1.165) is 36.0 Å². The fourth-order valence-corrected chi connectivity index (χ4v) is 2.99. The van der Waals surface area contributed by atoms with Gasteiger partial charge in [-0.1, -0.05) is 12.1 Å². The summed E-state index contributed by atoms with van der Waals surface area (Å²) in [4.78, 5) is 1.13. The van der Waals surface area contributed by atoms with Gasteiger partial charge >= 0.3 is 0 Å². The second kappa shape index (κ2) is 6.89. The highest BCUT2D eigenvalue weighted by molar-refractivity contribution is 7.13. The van der Waals surface area contributed by atoms with E-state index in [1.165, 1.54) is 5.57 Å². The molecule has 2 aromatic rings. The van der Waals surface area contributed by atoms with Crippen molar-refractivity contribution in [2.45, 2.75) is 13.0 Å². The van der Waals surface area contributed by atoms with Gasteiger partial charge in [-0.25, -0.2) is 4.68 Å². The van der Waals surface area contributed by atoms with Crippen molar-refractivity contribution in [2.75, 3.05) is 31.7 Å². The summed E-state index contributed by atoms with van der Waals surface area (Å²) in [6, 6.07) is 6.10. The van der Waals surface area contributed by atoms with Crippen molar-refractivity contribution in [1.29, 1.82) is 0 Å². The van der Waals surface area contributed by atoms with Gasteiger partial charge in [0.2, 0.25) is 0 Å². The summed E-state index contributed by atoms with van der Waals surface area (Å²) in [6.07, 6.45) is 3.21. The van der Waals surface area contributed by atoms with E-state index in [2.05, 4.69) is 22.6 Å². The minimum atomic E-state index is 0.0754. The van der Waals surface area contributed by atoms with Crippen LogP contribution in [0.2, 0.25) is 0 Å². The topological polar surface area (TPSA) is 59.3 Å². The van der Waals surface area contributed by atoms with Gasteiger partial charge in [0.1, 0.15) is 11.5 Å². The van der Waals surface area contributed by atoms with Crippen molar-refractivity contribution >= 4 is 17.2 Å². The Kier molecular flexibility index (Phi) is 4.69. The SMILES string of the molecule is OCCn1nc(-c2cccs2)cc1NCC1=CCCOC1. The Balaban J connectivity index is 1.74. The first-order valence-electron chi connectivity index (χ1n) is 7.09. The first-order valence-corrected chi connectivity index (χ1v) is 7.97. The zero-order valence-electron chi connectivity index (χ0n) is 11.8. The Morgan fingerprint density at radius 1 is 1.48 bits per heavy atom. The molecule has 112 valence electrons. The molecule has 0 aromatic carbocycles. The fourth-order valence-electron chi connectivity index (χ4n) is 2.30. The molecule has 6 heteroatoms. The number of hydrogen-bond acceptors (Lipinski definition) is 5. The Morgan fingerprint density at radius 2 is 2.43 bits per heavy atom. The number of rotatable bonds is 6. The lowest BCUT2D eigenvalue weighted by molar-refractivity contribution is 0.150. The number of nitrogens with zero attached hydrogens (tertiary/aromatic N) is 2. The maximum atomic E-state index is 9.18. The first kappa shape index (κ1) is 14.3. The summed E-state index contributed by atoms with van der Waals surface area (Å²) in [6.45, 7) is 2.82. The number of anilines is 1. The lowest BCUT2D eigenvalue weighted by atomic mass is 10.2.